The number of amides is 1. The highest BCUT2D eigenvalue weighted by molar-refractivity contribution is 6.11. The summed E-state index contributed by atoms with van der Waals surface area (Å²) in [5, 5.41) is 2.97. The molecule has 1 aliphatic rings. The number of amidine groups is 1. The topological polar surface area (TPSA) is 66.3 Å². The van der Waals surface area contributed by atoms with Crippen molar-refractivity contribution in [1.82, 2.24) is 10.2 Å². The van der Waals surface area contributed by atoms with Crippen molar-refractivity contribution >= 4 is 18.0 Å². The minimum absolute atomic E-state index is 0.114. The molecule has 29 heavy (non-hydrogen) atoms. The molecular weight excluding hydrogens is 364 g/mol. The first-order valence-corrected chi connectivity index (χ1v) is 9.95. The predicted molar refractivity (Wildman–Crippen MR) is 122 cm³/mol. The highest BCUT2D eigenvalue weighted by Gasteiger charge is 2.19. The average molecular weight is 399 g/mol. The number of aliphatic imine (C=N–C) groups is 2. The van der Waals surface area contributed by atoms with Crippen LogP contribution in [0.15, 0.2) is 69.5 Å². The van der Waals surface area contributed by atoms with Gasteiger partial charge in [-0.05, 0) is 40.2 Å². The summed E-state index contributed by atoms with van der Waals surface area (Å²) in [6.07, 6.45) is 11.0. The van der Waals surface area contributed by atoms with E-state index in [1.807, 2.05) is 58.9 Å². The second kappa shape index (κ2) is 13.6. The Morgan fingerprint density at radius 2 is 1.86 bits per heavy atom. The normalized spacial score (nSPS) is 18.0. The third-order valence-electron chi connectivity index (χ3n) is 4.19. The van der Waals surface area contributed by atoms with E-state index >= 15 is 0 Å². The van der Waals surface area contributed by atoms with Crippen molar-refractivity contribution < 1.29 is 9.53 Å². The van der Waals surface area contributed by atoms with Gasteiger partial charge < -0.3 is 10.1 Å². The summed E-state index contributed by atoms with van der Waals surface area (Å²) in [6.45, 7) is 16.7. The minimum Gasteiger partial charge on any atom is -0.379 e. The molecule has 1 heterocycles. The number of hydrogen-bond donors (Lipinski definition) is 1. The second-order valence-electron chi connectivity index (χ2n) is 6.53. The van der Waals surface area contributed by atoms with Crippen LogP contribution < -0.4 is 5.32 Å². The van der Waals surface area contributed by atoms with Gasteiger partial charge in [-0.1, -0.05) is 30.9 Å². The molecule has 6 nitrogen and oxygen atoms in total. The van der Waals surface area contributed by atoms with E-state index in [2.05, 4.69) is 26.8 Å². The van der Waals surface area contributed by atoms with Crippen molar-refractivity contribution in [3.05, 3.63) is 59.5 Å². The molecule has 0 bridgehead atoms. The SMILES string of the molecule is C=C(C)C(/C=C\C)=C(\N=C/C)C(=C/C)/C(=N\C=C\C)NC(=O)CN1CCOCC1. The number of ether oxygens (including phenoxy) is 1. The Hall–Kier alpha value is -2.57. The second-order valence-corrected chi connectivity index (χ2v) is 6.53. The number of morpholine rings is 1. The van der Waals surface area contributed by atoms with Crippen LogP contribution in [0.1, 0.15) is 34.6 Å². The van der Waals surface area contributed by atoms with Crippen LogP contribution in [0.3, 0.4) is 0 Å². The number of nitrogens with zero attached hydrogens (tertiary/aromatic N) is 3. The molecule has 0 aliphatic carbocycles. The van der Waals surface area contributed by atoms with Gasteiger partial charge in [-0.15, -0.1) is 0 Å². The van der Waals surface area contributed by atoms with Crippen LogP contribution in [-0.2, 0) is 9.53 Å². The summed E-state index contributed by atoms with van der Waals surface area (Å²) in [5.41, 5.74) is 3.24. The number of nitrogens with one attached hydrogen (secondary N) is 1. The molecule has 1 N–H and O–H groups in total. The van der Waals surface area contributed by atoms with Gasteiger partial charge in [-0.2, -0.15) is 0 Å². The van der Waals surface area contributed by atoms with Crippen molar-refractivity contribution in [2.24, 2.45) is 9.98 Å². The molecule has 0 aromatic rings. The monoisotopic (exact) mass is 398 g/mol. The zero-order valence-corrected chi connectivity index (χ0v) is 18.4. The Kier molecular flexibility index (Phi) is 11.5. The number of rotatable bonds is 8. The summed E-state index contributed by atoms with van der Waals surface area (Å²) in [7, 11) is 0. The fraction of sp³-hybridized carbons (Fsp3) is 0.435. The molecule has 6 heteroatoms. The highest BCUT2D eigenvalue weighted by Crippen LogP contribution is 2.23. The van der Waals surface area contributed by atoms with Crippen LogP contribution in [0, 0.1) is 0 Å². The Morgan fingerprint density at radius 3 is 2.38 bits per heavy atom. The minimum atomic E-state index is -0.114. The Bertz CT molecular complexity index is 749. The van der Waals surface area contributed by atoms with Crippen molar-refractivity contribution in [2.45, 2.75) is 34.6 Å². The maximum absolute atomic E-state index is 12.7. The van der Waals surface area contributed by atoms with Gasteiger partial charge in [0, 0.05) is 36.7 Å². The first-order valence-electron chi connectivity index (χ1n) is 9.95. The number of carbonyl (C=O) groups excluding carboxylic acids is 1. The quantitative estimate of drug-likeness (QED) is 0.384. The van der Waals surface area contributed by atoms with Gasteiger partial charge in [-0.3, -0.25) is 14.7 Å². The van der Waals surface area contributed by atoms with Crippen LogP contribution in [-0.4, -0.2) is 55.7 Å². The molecule has 0 unspecified atom stereocenters. The maximum Gasteiger partial charge on any atom is 0.239 e. The van der Waals surface area contributed by atoms with Gasteiger partial charge in [0.25, 0.3) is 0 Å². The first kappa shape index (κ1) is 24.5. The largest absolute Gasteiger partial charge is 0.379 e. The molecule has 158 valence electrons. The van der Waals surface area contributed by atoms with Crippen LogP contribution in [0.5, 0.6) is 0 Å². The van der Waals surface area contributed by atoms with Crippen LogP contribution >= 0.6 is 0 Å². The molecule has 1 rings (SSSR count). The van der Waals surface area contributed by atoms with Crippen LogP contribution in [0.4, 0.5) is 0 Å². The fourth-order valence-electron chi connectivity index (χ4n) is 2.84. The van der Waals surface area contributed by atoms with Gasteiger partial charge >= 0.3 is 0 Å². The van der Waals surface area contributed by atoms with E-state index < -0.39 is 0 Å². The summed E-state index contributed by atoms with van der Waals surface area (Å²) in [4.78, 5) is 23.8. The van der Waals surface area contributed by atoms with E-state index in [4.69, 9.17) is 4.74 Å². The number of carbonyl (C=O) groups is 1. The molecule has 0 atom stereocenters. The van der Waals surface area contributed by atoms with E-state index in [-0.39, 0.29) is 5.91 Å². The van der Waals surface area contributed by atoms with Crippen molar-refractivity contribution in [3.8, 4) is 0 Å². The fourth-order valence-corrected chi connectivity index (χ4v) is 2.84. The van der Waals surface area contributed by atoms with Gasteiger partial charge in [-0.25, -0.2) is 4.99 Å². The lowest BCUT2D eigenvalue weighted by Gasteiger charge is -2.26. The highest BCUT2D eigenvalue weighted by atomic mass is 16.5. The molecule has 0 radical (unpaired) electrons. The Labute approximate surface area is 175 Å². The molecule has 1 fully saturated rings. The van der Waals surface area contributed by atoms with Crippen LogP contribution in [0.2, 0.25) is 0 Å². The molecule has 1 aliphatic heterocycles. The third kappa shape index (κ3) is 8.13. The standard InChI is InChI=1S/C23H34N4O2/c1-7-11-20(18(5)6)22(24-10-4)19(9-3)23(25-12-8-2)26-21(28)17-27-13-15-29-16-14-27/h7-12H,5,13-17H2,1-4,6H3,(H,25,26,28)/b11-7-,12-8+,19-9-,22-20-,24-10-. The van der Waals surface area contributed by atoms with E-state index in [9.17, 15) is 4.79 Å². The van der Waals surface area contributed by atoms with Gasteiger partial charge in [0.2, 0.25) is 5.91 Å². The predicted octanol–water partition coefficient (Wildman–Crippen LogP) is 3.81. The lowest BCUT2D eigenvalue weighted by atomic mass is 10.00. The summed E-state index contributed by atoms with van der Waals surface area (Å²) >= 11 is 0. The smallest absolute Gasteiger partial charge is 0.239 e. The van der Waals surface area contributed by atoms with E-state index in [0.29, 0.717) is 25.6 Å². The van der Waals surface area contributed by atoms with Crippen molar-refractivity contribution in [1.29, 1.82) is 0 Å². The molecule has 0 spiro atoms. The number of allylic oxidation sites excluding steroid dienone is 6. The van der Waals surface area contributed by atoms with Crippen LogP contribution in [0.25, 0.3) is 0 Å². The maximum atomic E-state index is 12.7. The lowest BCUT2D eigenvalue weighted by Crippen LogP contribution is -2.45. The van der Waals surface area contributed by atoms with Crippen molar-refractivity contribution in [2.75, 3.05) is 32.8 Å². The van der Waals surface area contributed by atoms with E-state index in [1.165, 1.54) is 0 Å². The number of hydrogen-bond acceptors (Lipinski definition) is 5. The molecule has 1 amide bonds. The molecule has 0 aromatic carbocycles. The molecular formula is C23H34N4O2. The zero-order chi connectivity index (χ0) is 21.6. The summed E-state index contributed by atoms with van der Waals surface area (Å²) < 4.78 is 5.35. The molecule has 0 saturated carbocycles. The Morgan fingerprint density at radius 1 is 1.17 bits per heavy atom. The lowest BCUT2D eigenvalue weighted by molar-refractivity contribution is -0.121. The van der Waals surface area contributed by atoms with Crippen molar-refractivity contribution in [3.63, 3.8) is 0 Å². The average Bonchev–Trinajstić information content (AvgIpc) is 2.70. The van der Waals surface area contributed by atoms with Gasteiger partial charge in [0.1, 0.15) is 5.84 Å². The third-order valence-corrected chi connectivity index (χ3v) is 4.19. The Balaban J connectivity index is 3.28. The van der Waals surface area contributed by atoms with E-state index in [1.54, 1.807) is 12.4 Å². The molecule has 1 saturated heterocycles. The first-order chi connectivity index (χ1) is 14.0. The molecule has 0 aromatic heterocycles. The van der Waals surface area contributed by atoms with Gasteiger partial charge in [0.15, 0.2) is 0 Å². The van der Waals surface area contributed by atoms with Gasteiger partial charge in [0.05, 0.1) is 25.5 Å². The summed E-state index contributed by atoms with van der Waals surface area (Å²) in [5.74, 6) is 0.352. The zero-order valence-electron chi connectivity index (χ0n) is 18.4. The van der Waals surface area contributed by atoms with E-state index in [0.717, 1.165) is 35.5 Å². The summed E-state index contributed by atoms with van der Waals surface area (Å²) in [6, 6.07) is 0.